The summed E-state index contributed by atoms with van der Waals surface area (Å²) >= 11 is 0. The molecule has 1 aromatic rings. The van der Waals surface area contributed by atoms with Gasteiger partial charge in [-0.1, -0.05) is 13.8 Å². The molecule has 0 aromatic heterocycles. The molecule has 118 valence electrons. The summed E-state index contributed by atoms with van der Waals surface area (Å²) in [6.45, 7) is 4.70. The van der Waals surface area contributed by atoms with Gasteiger partial charge in [-0.3, -0.25) is 4.79 Å². The summed E-state index contributed by atoms with van der Waals surface area (Å²) in [5.74, 6) is -0.506. The van der Waals surface area contributed by atoms with Crippen molar-refractivity contribution >= 4 is 15.9 Å². The molecule has 7 nitrogen and oxygen atoms in total. The van der Waals surface area contributed by atoms with Crippen LogP contribution in [0.2, 0.25) is 0 Å². The van der Waals surface area contributed by atoms with E-state index in [1.165, 1.54) is 25.3 Å². The smallest absolute Gasteiger partial charge is 0.252 e. The number of ether oxygens (including phenoxy) is 1. The van der Waals surface area contributed by atoms with Gasteiger partial charge >= 0.3 is 0 Å². The number of carbonyl (C=O) groups is 1. The van der Waals surface area contributed by atoms with E-state index in [0.29, 0.717) is 6.54 Å². The van der Waals surface area contributed by atoms with Crippen LogP contribution in [0.1, 0.15) is 24.2 Å². The van der Waals surface area contributed by atoms with E-state index in [9.17, 15) is 13.2 Å². The predicted molar refractivity (Wildman–Crippen MR) is 79.8 cm³/mol. The maximum atomic E-state index is 12.1. The van der Waals surface area contributed by atoms with Crippen molar-refractivity contribution in [2.45, 2.75) is 24.8 Å². The Bertz CT molecular complexity index is 599. The SMILES string of the molecule is COc1ccc(S(=O)(=O)NCCNC(C)C)cc1C(N)=O. The van der Waals surface area contributed by atoms with Crippen LogP contribution < -0.4 is 20.5 Å². The van der Waals surface area contributed by atoms with E-state index in [-0.39, 0.29) is 28.8 Å². The molecule has 8 heteroatoms. The van der Waals surface area contributed by atoms with Crippen molar-refractivity contribution < 1.29 is 17.9 Å². The van der Waals surface area contributed by atoms with Gasteiger partial charge in [-0.25, -0.2) is 13.1 Å². The Kier molecular flexibility index (Phi) is 6.13. The molecule has 0 bridgehead atoms. The van der Waals surface area contributed by atoms with Gasteiger partial charge in [0.15, 0.2) is 0 Å². The van der Waals surface area contributed by atoms with Crippen molar-refractivity contribution in [2.75, 3.05) is 20.2 Å². The number of sulfonamides is 1. The minimum absolute atomic E-state index is 0.0263. The Hall–Kier alpha value is -1.64. The van der Waals surface area contributed by atoms with Crippen LogP contribution in [-0.2, 0) is 10.0 Å². The van der Waals surface area contributed by atoms with Crippen LogP contribution in [0.15, 0.2) is 23.1 Å². The summed E-state index contributed by atoms with van der Waals surface area (Å²) in [6, 6.07) is 4.25. The zero-order chi connectivity index (χ0) is 16.0. The van der Waals surface area contributed by atoms with E-state index >= 15 is 0 Å². The van der Waals surface area contributed by atoms with Crippen LogP contribution in [0.4, 0.5) is 0 Å². The number of carbonyl (C=O) groups excluding carboxylic acids is 1. The Labute approximate surface area is 124 Å². The van der Waals surface area contributed by atoms with Gasteiger partial charge in [-0.15, -0.1) is 0 Å². The molecule has 1 aromatic carbocycles. The lowest BCUT2D eigenvalue weighted by molar-refractivity contribution is 0.0997. The van der Waals surface area contributed by atoms with E-state index in [2.05, 4.69) is 10.0 Å². The Morgan fingerprint density at radius 2 is 2.00 bits per heavy atom. The third-order valence-corrected chi connectivity index (χ3v) is 4.18. The maximum absolute atomic E-state index is 12.1. The first-order valence-corrected chi connectivity index (χ1v) is 7.97. The number of hydrogen-bond acceptors (Lipinski definition) is 5. The number of methoxy groups -OCH3 is 1. The number of benzene rings is 1. The molecule has 0 aliphatic carbocycles. The van der Waals surface area contributed by atoms with Crippen molar-refractivity contribution in [1.29, 1.82) is 0 Å². The van der Waals surface area contributed by atoms with Crippen molar-refractivity contribution in [3.8, 4) is 5.75 Å². The molecule has 0 saturated heterocycles. The fourth-order valence-corrected chi connectivity index (χ4v) is 2.73. The average molecular weight is 315 g/mol. The molecular formula is C13H21N3O4S. The minimum Gasteiger partial charge on any atom is -0.496 e. The van der Waals surface area contributed by atoms with Gasteiger partial charge in [0.2, 0.25) is 10.0 Å². The fraction of sp³-hybridized carbons (Fsp3) is 0.462. The highest BCUT2D eigenvalue weighted by molar-refractivity contribution is 7.89. The molecule has 1 amide bonds. The summed E-state index contributed by atoms with van der Waals surface area (Å²) in [5.41, 5.74) is 5.24. The van der Waals surface area contributed by atoms with Crippen LogP contribution in [-0.4, -0.2) is 40.6 Å². The first-order chi connectivity index (χ1) is 9.77. The monoisotopic (exact) mass is 315 g/mol. The number of rotatable bonds is 8. The molecule has 1 rings (SSSR count). The molecule has 0 aliphatic heterocycles. The quantitative estimate of drug-likeness (QED) is 0.588. The zero-order valence-corrected chi connectivity index (χ0v) is 13.2. The van der Waals surface area contributed by atoms with Crippen LogP contribution in [0, 0.1) is 0 Å². The highest BCUT2D eigenvalue weighted by atomic mass is 32.2. The summed E-state index contributed by atoms with van der Waals surface area (Å²) in [7, 11) is -2.31. The predicted octanol–water partition coefficient (Wildman–Crippen LogP) is 0.0704. The molecule has 0 heterocycles. The summed E-state index contributed by atoms with van der Waals surface area (Å²) in [6.07, 6.45) is 0. The first kappa shape index (κ1) is 17.4. The lowest BCUT2D eigenvalue weighted by Gasteiger charge is -2.11. The van der Waals surface area contributed by atoms with E-state index in [0.717, 1.165) is 0 Å². The van der Waals surface area contributed by atoms with Gasteiger partial charge in [-0.2, -0.15) is 0 Å². The lowest BCUT2D eigenvalue weighted by Crippen LogP contribution is -2.34. The number of hydrogen-bond donors (Lipinski definition) is 3. The number of primary amides is 1. The molecule has 21 heavy (non-hydrogen) atoms. The van der Waals surface area contributed by atoms with Crippen molar-refractivity contribution in [2.24, 2.45) is 5.73 Å². The lowest BCUT2D eigenvalue weighted by atomic mass is 10.2. The molecule has 0 radical (unpaired) electrons. The molecule has 0 unspecified atom stereocenters. The standard InChI is InChI=1S/C13H21N3O4S/c1-9(2)15-6-7-16-21(18,19)10-4-5-12(20-3)11(8-10)13(14)17/h4-5,8-9,15-16H,6-7H2,1-3H3,(H2,14,17). The minimum atomic E-state index is -3.69. The van der Waals surface area contributed by atoms with Gasteiger partial charge in [-0.05, 0) is 18.2 Å². The zero-order valence-electron chi connectivity index (χ0n) is 12.3. The summed E-state index contributed by atoms with van der Waals surface area (Å²) < 4.78 is 31.7. The third kappa shape index (κ3) is 5.00. The average Bonchev–Trinajstić information content (AvgIpc) is 2.42. The van der Waals surface area contributed by atoms with E-state index in [4.69, 9.17) is 10.5 Å². The first-order valence-electron chi connectivity index (χ1n) is 6.49. The molecule has 0 spiro atoms. The molecule has 0 saturated carbocycles. The van der Waals surface area contributed by atoms with Crippen molar-refractivity contribution in [1.82, 2.24) is 10.0 Å². The Morgan fingerprint density at radius 3 is 2.52 bits per heavy atom. The normalized spacial score (nSPS) is 11.6. The number of nitrogens with two attached hydrogens (primary N) is 1. The van der Waals surface area contributed by atoms with Gasteiger partial charge in [0.1, 0.15) is 5.75 Å². The van der Waals surface area contributed by atoms with Crippen LogP contribution in [0.5, 0.6) is 5.75 Å². The molecule has 0 fully saturated rings. The van der Waals surface area contributed by atoms with Gasteiger partial charge in [0.05, 0.1) is 17.6 Å². The topological polar surface area (TPSA) is 111 Å². The van der Waals surface area contributed by atoms with Crippen molar-refractivity contribution in [3.05, 3.63) is 23.8 Å². The second kappa shape index (κ2) is 7.39. The maximum Gasteiger partial charge on any atom is 0.252 e. The van der Waals surface area contributed by atoms with Crippen LogP contribution in [0.25, 0.3) is 0 Å². The van der Waals surface area contributed by atoms with Gasteiger partial charge in [0, 0.05) is 19.1 Å². The highest BCUT2D eigenvalue weighted by Crippen LogP contribution is 2.21. The third-order valence-electron chi connectivity index (χ3n) is 2.72. The molecular weight excluding hydrogens is 294 g/mol. The van der Waals surface area contributed by atoms with Crippen LogP contribution in [0.3, 0.4) is 0 Å². The molecule has 0 aliphatic rings. The fourth-order valence-electron chi connectivity index (χ4n) is 1.68. The van der Waals surface area contributed by atoms with Crippen molar-refractivity contribution in [3.63, 3.8) is 0 Å². The van der Waals surface area contributed by atoms with E-state index < -0.39 is 15.9 Å². The Balaban J connectivity index is 2.88. The summed E-state index contributed by atoms with van der Waals surface area (Å²) in [5, 5.41) is 3.10. The molecule has 0 atom stereocenters. The number of amides is 1. The summed E-state index contributed by atoms with van der Waals surface area (Å²) in [4.78, 5) is 11.3. The number of nitrogens with one attached hydrogen (secondary N) is 2. The second-order valence-electron chi connectivity index (χ2n) is 4.73. The largest absolute Gasteiger partial charge is 0.496 e. The van der Waals surface area contributed by atoms with Crippen LogP contribution >= 0.6 is 0 Å². The molecule has 4 N–H and O–H groups in total. The highest BCUT2D eigenvalue weighted by Gasteiger charge is 2.18. The van der Waals surface area contributed by atoms with E-state index in [1.807, 2.05) is 13.8 Å². The van der Waals surface area contributed by atoms with E-state index in [1.54, 1.807) is 0 Å². The van der Waals surface area contributed by atoms with Gasteiger partial charge < -0.3 is 15.8 Å². The Morgan fingerprint density at radius 1 is 1.33 bits per heavy atom. The van der Waals surface area contributed by atoms with Gasteiger partial charge in [0.25, 0.3) is 5.91 Å². The second-order valence-corrected chi connectivity index (χ2v) is 6.50.